The van der Waals surface area contributed by atoms with E-state index in [1.54, 1.807) is 24.3 Å². The van der Waals surface area contributed by atoms with Crippen molar-refractivity contribution in [3.63, 3.8) is 0 Å². The first-order chi connectivity index (χ1) is 12.1. The lowest BCUT2D eigenvalue weighted by Crippen LogP contribution is -2.26. The van der Waals surface area contributed by atoms with Crippen molar-refractivity contribution in [2.45, 2.75) is 25.8 Å². The van der Waals surface area contributed by atoms with E-state index in [0.29, 0.717) is 23.9 Å². The second kappa shape index (κ2) is 7.88. The molecule has 3 aromatic rings. The minimum absolute atomic E-state index is 0.0939. The third-order valence-corrected chi connectivity index (χ3v) is 4.02. The zero-order chi connectivity index (χ0) is 17.6. The third-order valence-electron chi connectivity index (χ3n) is 4.02. The zero-order valence-electron chi connectivity index (χ0n) is 13.7. The van der Waals surface area contributed by atoms with Crippen LogP contribution in [0.1, 0.15) is 24.4 Å². The highest BCUT2D eigenvalue weighted by Crippen LogP contribution is 2.23. The van der Waals surface area contributed by atoms with Crippen LogP contribution in [0, 0.1) is 0 Å². The Hall–Kier alpha value is -2.76. The summed E-state index contributed by atoms with van der Waals surface area (Å²) in [6, 6.07) is 16.5. The van der Waals surface area contributed by atoms with E-state index in [4.69, 9.17) is 0 Å². The number of fused-ring (bicyclic) bond motifs is 1. The summed E-state index contributed by atoms with van der Waals surface area (Å²) in [5.41, 5.74) is 2.04. The summed E-state index contributed by atoms with van der Waals surface area (Å²) in [4.78, 5) is 16.2. The number of benzene rings is 2. The molecule has 0 aliphatic heterocycles. The number of rotatable bonds is 7. The van der Waals surface area contributed by atoms with E-state index in [1.807, 2.05) is 30.3 Å². The van der Waals surface area contributed by atoms with Gasteiger partial charge in [0.05, 0.1) is 11.0 Å². The Morgan fingerprint density at radius 2 is 1.76 bits per heavy atom. The number of aryl methyl sites for hydroxylation is 1. The lowest BCUT2D eigenvalue weighted by Gasteiger charge is -2.08. The number of nitrogens with zero attached hydrogens (tertiary/aromatic N) is 2. The quantitative estimate of drug-likeness (QED) is 0.711. The Bertz CT molecular complexity index is 846. The van der Waals surface area contributed by atoms with Crippen LogP contribution in [0.2, 0.25) is 0 Å². The van der Waals surface area contributed by atoms with E-state index in [0.717, 1.165) is 10.1 Å². The summed E-state index contributed by atoms with van der Waals surface area (Å²) in [5, 5.41) is 2.77. The Balaban J connectivity index is 1.56. The molecule has 1 amide bonds. The predicted molar refractivity (Wildman–Crippen MR) is 92.5 cm³/mol. The van der Waals surface area contributed by atoms with Gasteiger partial charge in [-0.05, 0) is 24.1 Å². The van der Waals surface area contributed by atoms with E-state index >= 15 is 0 Å². The molecule has 1 aromatic heterocycles. The first-order valence-electron chi connectivity index (χ1n) is 8.20. The standard InChI is InChI=1S/C19H19F2N3O/c20-19(21)24-16-9-5-4-8-15(16)23-17(24)12-13-22-18(25)11-10-14-6-2-1-3-7-14/h1-9,19H,10-13H2,(H,22,25). The summed E-state index contributed by atoms with van der Waals surface area (Å²) in [6.07, 6.45) is 1.29. The fourth-order valence-electron chi connectivity index (χ4n) is 2.79. The van der Waals surface area contributed by atoms with Crippen LogP contribution in [0.25, 0.3) is 11.0 Å². The van der Waals surface area contributed by atoms with Gasteiger partial charge in [-0.25, -0.2) is 4.98 Å². The van der Waals surface area contributed by atoms with Crippen LogP contribution in [0.15, 0.2) is 54.6 Å². The fourth-order valence-corrected chi connectivity index (χ4v) is 2.79. The molecule has 0 saturated carbocycles. The molecule has 3 rings (SSSR count). The van der Waals surface area contributed by atoms with Crippen LogP contribution in [0.5, 0.6) is 0 Å². The van der Waals surface area contributed by atoms with E-state index in [9.17, 15) is 13.6 Å². The molecular weight excluding hydrogens is 324 g/mol. The van der Waals surface area contributed by atoms with Crippen molar-refractivity contribution in [2.24, 2.45) is 0 Å². The molecule has 0 aliphatic carbocycles. The molecule has 4 nitrogen and oxygen atoms in total. The predicted octanol–water partition coefficient (Wildman–Crippen LogP) is 3.72. The monoisotopic (exact) mass is 343 g/mol. The van der Waals surface area contributed by atoms with E-state index in [1.165, 1.54) is 0 Å². The number of amides is 1. The van der Waals surface area contributed by atoms with Crippen LogP contribution in [0.3, 0.4) is 0 Å². The van der Waals surface area contributed by atoms with E-state index < -0.39 is 6.55 Å². The number of imidazole rings is 1. The number of nitrogens with one attached hydrogen (secondary N) is 1. The molecule has 0 unspecified atom stereocenters. The van der Waals surface area contributed by atoms with Crippen molar-refractivity contribution in [3.8, 4) is 0 Å². The number of halogens is 2. The number of carbonyl (C=O) groups excluding carboxylic acids is 1. The first-order valence-corrected chi connectivity index (χ1v) is 8.20. The van der Waals surface area contributed by atoms with Gasteiger partial charge in [0.1, 0.15) is 5.82 Å². The lowest BCUT2D eigenvalue weighted by atomic mass is 10.1. The van der Waals surface area contributed by atoms with Gasteiger partial charge in [-0.1, -0.05) is 42.5 Å². The van der Waals surface area contributed by atoms with Gasteiger partial charge < -0.3 is 5.32 Å². The van der Waals surface area contributed by atoms with Gasteiger partial charge in [-0.2, -0.15) is 8.78 Å². The van der Waals surface area contributed by atoms with E-state index in [2.05, 4.69) is 10.3 Å². The Morgan fingerprint density at radius 3 is 2.52 bits per heavy atom. The average molecular weight is 343 g/mol. The number of para-hydroxylation sites is 2. The van der Waals surface area contributed by atoms with E-state index in [-0.39, 0.29) is 24.7 Å². The number of hydrogen-bond acceptors (Lipinski definition) is 2. The van der Waals surface area contributed by atoms with Crippen molar-refractivity contribution in [3.05, 3.63) is 66.0 Å². The average Bonchev–Trinajstić information content (AvgIpc) is 2.99. The zero-order valence-corrected chi connectivity index (χ0v) is 13.7. The highest BCUT2D eigenvalue weighted by molar-refractivity contribution is 5.77. The van der Waals surface area contributed by atoms with Crippen LogP contribution >= 0.6 is 0 Å². The number of aromatic nitrogens is 2. The molecule has 0 radical (unpaired) electrons. The molecule has 1 N–H and O–H groups in total. The largest absolute Gasteiger partial charge is 0.356 e. The second-order valence-electron chi connectivity index (χ2n) is 5.75. The molecule has 0 atom stereocenters. The number of carbonyl (C=O) groups is 1. The highest BCUT2D eigenvalue weighted by atomic mass is 19.3. The normalized spacial score (nSPS) is 11.2. The topological polar surface area (TPSA) is 46.9 Å². The summed E-state index contributed by atoms with van der Waals surface area (Å²) < 4.78 is 27.6. The van der Waals surface area contributed by atoms with Gasteiger partial charge in [0.2, 0.25) is 5.91 Å². The van der Waals surface area contributed by atoms with Crippen molar-refractivity contribution in [2.75, 3.05) is 6.54 Å². The maximum atomic E-state index is 13.3. The molecular formula is C19H19F2N3O. The smallest absolute Gasteiger partial charge is 0.320 e. The third kappa shape index (κ3) is 4.21. The van der Waals surface area contributed by atoms with Crippen molar-refractivity contribution >= 4 is 16.9 Å². The molecule has 0 bridgehead atoms. The lowest BCUT2D eigenvalue weighted by molar-refractivity contribution is -0.121. The second-order valence-corrected chi connectivity index (χ2v) is 5.75. The van der Waals surface area contributed by atoms with Crippen LogP contribution in [-0.2, 0) is 17.6 Å². The molecule has 6 heteroatoms. The minimum Gasteiger partial charge on any atom is -0.356 e. The maximum Gasteiger partial charge on any atom is 0.320 e. The molecule has 2 aromatic carbocycles. The molecule has 0 saturated heterocycles. The van der Waals surface area contributed by atoms with Crippen molar-refractivity contribution in [1.82, 2.24) is 14.9 Å². The molecule has 0 aliphatic rings. The Kier molecular flexibility index (Phi) is 5.38. The molecule has 0 spiro atoms. The first kappa shape index (κ1) is 17.1. The Morgan fingerprint density at radius 1 is 1.04 bits per heavy atom. The Labute approximate surface area is 144 Å². The number of alkyl halides is 2. The SMILES string of the molecule is O=C(CCc1ccccc1)NCCc1nc2ccccc2n1C(F)F. The van der Waals surface area contributed by atoms with Gasteiger partial charge in [-0.3, -0.25) is 9.36 Å². The maximum absolute atomic E-state index is 13.3. The summed E-state index contributed by atoms with van der Waals surface area (Å²) >= 11 is 0. The van der Waals surface area contributed by atoms with Crippen LogP contribution in [-0.4, -0.2) is 22.0 Å². The van der Waals surface area contributed by atoms with Crippen LogP contribution < -0.4 is 5.32 Å². The molecule has 130 valence electrons. The summed E-state index contributed by atoms with van der Waals surface area (Å²) in [6.45, 7) is -2.37. The molecule has 1 heterocycles. The van der Waals surface area contributed by atoms with Crippen molar-refractivity contribution < 1.29 is 13.6 Å². The highest BCUT2D eigenvalue weighted by Gasteiger charge is 2.17. The van der Waals surface area contributed by atoms with Gasteiger partial charge in [0.15, 0.2) is 0 Å². The minimum atomic E-state index is -2.66. The molecule has 0 fully saturated rings. The number of hydrogen-bond donors (Lipinski definition) is 1. The van der Waals surface area contributed by atoms with Gasteiger partial charge >= 0.3 is 6.55 Å². The molecule has 25 heavy (non-hydrogen) atoms. The van der Waals surface area contributed by atoms with Crippen molar-refractivity contribution in [1.29, 1.82) is 0 Å². The fraction of sp³-hybridized carbons (Fsp3) is 0.263. The summed E-state index contributed by atoms with van der Waals surface area (Å²) in [5.74, 6) is 0.183. The summed E-state index contributed by atoms with van der Waals surface area (Å²) in [7, 11) is 0. The van der Waals surface area contributed by atoms with Gasteiger partial charge in [-0.15, -0.1) is 0 Å². The van der Waals surface area contributed by atoms with Gasteiger partial charge in [0, 0.05) is 19.4 Å². The van der Waals surface area contributed by atoms with Gasteiger partial charge in [0.25, 0.3) is 0 Å². The van der Waals surface area contributed by atoms with Crippen LogP contribution in [0.4, 0.5) is 8.78 Å².